The lowest BCUT2D eigenvalue weighted by Gasteiger charge is -2.12. The van der Waals surface area contributed by atoms with E-state index in [4.69, 9.17) is 10.2 Å². The predicted molar refractivity (Wildman–Crippen MR) is 53.7 cm³/mol. The summed E-state index contributed by atoms with van der Waals surface area (Å²) in [5.74, 6) is 1.10. The van der Waals surface area contributed by atoms with Crippen LogP contribution < -0.4 is 5.73 Å². The van der Waals surface area contributed by atoms with Gasteiger partial charge in [-0.05, 0) is 6.92 Å². The van der Waals surface area contributed by atoms with E-state index < -0.39 is 6.10 Å². The number of aliphatic hydroxyl groups excluding tert-OH is 1. The molecule has 1 heterocycles. The summed E-state index contributed by atoms with van der Waals surface area (Å²) in [5.41, 5.74) is 6.00. The van der Waals surface area contributed by atoms with E-state index in [1.807, 2.05) is 20.8 Å². The summed E-state index contributed by atoms with van der Waals surface area (Å²) in [4.78, 5) is 4.27. The Balaban J connectivity index is 3.13. The van der Waals surface area contributed by atoms with Crippen LogP contribution in [0.4, 0.5) is 0 Å². The van der Waals surface area contributed by atoms with Crippen LogP contribution in [0.2, 0.25) is 0 Å². The van der Waals surface area contributed by atoms with Crippen LogP contribution in [-0.4, -0.2) is 10.1 Å². The van der Waals surface area contributed by atoms with Gasteiger partial charge in [-0.1, -0.05) is 20.8 Å². The maximum atomic E-state index is 9.43. The minimum Gasteiger partial charge on any atom is -0.442 e. The van der Waals surface area contributed by atoms with E-state index in [1.165, 1.54) is 0 Å². The van der Waals surface area contributed by atoms with Crippen LogP contribution in [0, 0.1) is 0 Å². The van der Waals surface area contributed by atoms with E-state index >= 15 is 0 Å². The third kappa shape index (κ3) is 2.13. The molecule has 0 aliphatic heterocycles. The van der Waals surface area contributed by atoms with Crippen LogP contribution in [0.1, 0.15) is 51.1 Å². The molecule has 0 aromatic carbocycles. The zero-order valence-electron chi connectivity index (χ0n) is 9.16. The van der Waals surface area contributed by atoms with Gasteiger partial charge in [0.2, 0.25) is 0 Å². The average molecular weight is 198 g/mol. The van der Waals surface area contributed by atoms with Gasteiger partial charge in [0.15, 0.2) is 11.7 Å². The number of rotatable bonds is 2. The fourth-order valence-corrected chi connectivity index (χ4v) is 1.16. The second-order valence-corrected chi connectivity index (χ2v) is 4.46. The molecule has 4 nitrogen and oxygen atoms in total. The van der Waals surface area contributed by atoms with Crippen molar-refractivity contribution in [1.29, 1.82) is 0 Å². The first-order valence-electron chi connectivity index (χ1n) is 4.74. The van der Waals surface area contributed by atoms with Crippen LogP contribution >= 0.6 is 0 Å². The van der Waals surface area contributed by atoms with Gasteiger partial charge >= 0.3 is 0 Å². The van der Waals surface area contributed by atoms with Crippen molar-refractivity contribution in [3.63, 3.8) is 0 Å². The Morgan fingerprint density at radius 3 is 2.36 bits per heavy atom. The molecular formula is C10H18N2O2. The normalized spacial score (nSPS) is 14.4. The van der Waals surface area contributed by atoms with Crippen molar-refractivity contribution in [1.82, 2.24) is 4.98 Å². The molecule has 1 aromatic rings. The monoisotopic (exact) mass is 198 g/mol. The number of oxazole rings is 1. The number of aromatic nitrogens is 1. The Hall–Kier alpha value is -0.870. The Morgan fingerprint density at radius 2 is 2.07 bits per heavy atom. The zero-order valence-corrected chi connectivity index (χ0v) is 9.16. The molecule has 0 bridgehead atoms. The number of aliphatic hydroxyl groups is 1. The second kappa shape index (κ2) is 3.71. The Kier molecular flexibility index (Phi) is 2.97. The van der Waals surface area contributed by atoms with Crippen molar-refractivity contribution in [2.45, 2.75) is 45.8 Å². The first kappa shape index (κ1) is 11.2. The van der Waals surface area contributed by atoms with E-state index in [0.29, 0.717) is 23.9 Å². The van der Waals surface area contributed by atoms with Crippen LogP contribution in [-0.2, 0) is 12.0 Å². The van der Waals surface area contributed by atoms with Gasteiger partial charge in [-0.2, -0.15) is 0 Å². The van der Waals surface area contributed by atoms with Crippen molar-refractivity contribution < 1.29 is 9.52 Å². The molecule has 0 saturated carbocycles. The number of nitrogens with zero attached hydrogens (tertiary/aromatic N) is 1. The second-order valence-electron chi connectivity index (χ2n) is 4.46. The molecule has 0 fully saturated rings. The van der Waals surface area contributed by atoms with Crippen molar-refractivity contribution in [3.05, 3.63) is 17.3 Å². The van der Waals surface area contributed by atoms with Crippen LogP contribution in [0.15, 0.2) is 4.42 Å². The molecule has 1 unspecified atom stereocenters. The zero-order chi connectivity index (χ0) is 10.9. The maximum absolute atomic E-state index is 9.43. The lowest BCUT2D eigenvalue weighted by Crippen LogP contribution is -2.11. The fraction of sp³-hybridized carbons (Fsp3) is 0.700. The maximum Gasteiger partial charge on any atom is 0.200 e. The lowest BCUT2D eigenvalue weighted by atomic mass is 9.97. The molecule has 80 valence electrons. The minimum atomic E-state index is -0.655. The Labute approximate surface area is 84.1 Å². The van der Waals surface area contributed by atoms with Crippen molar-refractivity contribution in [2.24, 2.45) is 5.73 Å². The van der Waals surface area contributed by atoms with Crippen LogP contribution in [0.25, 0.3) is 0 Å². The van der Waals surface area contributed by atoms with Gasteiger partial charge in [-0.15, -0.1) is 0 Å². The molecular weight excluding hydrogens is 180 g/mol. The highest BCUT2D eigenvalue weighted by molar-refractivity contribution is 5.14. The minimum absolute atomic E-state index is 0.156. The molecule has 4 heteroatoms. The molecule has 3 N–H and O–H groups in total. The summed E-state index contributed by atoms with van der Waals surface area (Å²) in [6, 6.07) is 0. The molecule has 1 atom stereocenters. The first-order valence-corrected chi connectivity index (χ1v) is 4.74. The topological polar surface area (TPSA) is 72.3 Å². The molecule has 1 rings (SSSR count). The molecule has 0 amide bonds. The molecule has 1 aromatic heterocycles. The number of nitrogens with two attached hydrogens (primary N) is 1. The molecule has 0 aliphatic rings. The van der Waals surface area contributed by atoms with E-state index in [9.17, 15) is 5.11 Å². The highest BCUT2D eigenvalue weighted by Gasteiger charge is 2.24. The van der Waals surface area contributed by atoms with Gasteiger partial charge in [0, 0.05) is 12.0 Å². The standard InChI is InChI=1S/C10H18N2O2/c1-6(13)8-7(5-11)12-9(14-8)10(2,3)4/h6,13H,5,11H2,1-4H3. The Morgan fingerprint density at radius 1 is 1.50 bits per heavy atom. The van der Waals surface area contributed by atoms with Gasteiger partial charge in [0.05, 0.1) is 5.69 Å². The van der Waals surface area contributed by atoms with Gasteiger partial charge in [0.25, 0.3) is 0 Å². The largest absolute Gasteiger partial charge is 0.442 e. The summed E-state index contributed by atoms with van der Waals surface area (Å²) < 4.78 is 5.49. The quantitative estimate of drug-likeness (QED) is 0.755. The van der Waals surface area contributed by atoms with Crippen molar-refractivity contribution >= 4 is 0 Å². The molecule has 14 heavy (non-hydrogen) atoms. The van der Waals surface area contributed by atoms with Gasteiger partial charge in [-0.25, -0.2) is 4.98 Å². The highest BCUT2D eigenvalue weighted by atomic mass is 16.4. The van der Waals surface area contributed by atoms with E-state index in [0.717, 1.165) is 0 Å². The third-order valence-corrected chi connectivity index (χ3v) is 1.94. The first-order chi connectivity index (χ1) is 6.36. The SMILES string of the molecule is CC(O)c1oc(C(C)(C)C)nc1CN. The number of hydrogen-bond acceptors (Lipinski definition) is 4. The third-order valence-electron chi connectivity index (χ3n) is 1.94. The molecule has 0 saturated heterocycles. The highest BCUT2D eigenvalue weighted by Crippen LogP contribution is 2.26. The fourth-order valence-electron chi connectivity index (χ4n) is 1.16. The Bertz CT molecular complexity index is 310. The van der Waals surface area contributed by atoms with E-state index in [1.54, 1.807) is 6.92 Å². The van der Waals surface area contributed by atoms with Gasteiger partial charge in [0.1, 0.15) is 6.10 Å². The van der Waals surface area contributed by atoms with Crippen molar-refractivity contribution in [2.75, 3.05) is 0 Å². The van der Waals surface area contributed by atoms with Crippen molar-refractivity contribution in [3.8, 4) is 0 Å². The van der Waals surface area contributed by atoms with Gasteiger partial charge in [-0.3, -0.25) is 0 Å². The van der Waals surface area contributed by atoms with Crippen LogP contribution in [0.3, 0.4) is 0 Å². The summed E-state index contributed by atoms with van der Waals surface area (Å²) >= 11 is 0. The molecule has 0 spiro atoms. The number of hydrogen-bond donors (Lipinski definition) is 2. The van der Waals surface area contributed by atoms with E-state index in [2.05, 4.69) is 4.98 Å². The summed E-state index contributed by atoms with van der Waals surface area (Å²) in [5, 5.41) is 9.43. The summed E-state index contributed by atoms with van der Waals surface area (Å²) in [7, 11) is 0. The van der Waals surface area contributed by atoms with Gasteiger partial charge < -0.3 is 15.3 Å². The average Bonchev–Trinajstić information content (AvgIpc) is 2.45. The van der Waals surface area contributed by atoms with E-state index in [-0.39, 0.29) is 5.41 Å². The van der Waals surface area contributed by atoms with Crippen LogP contribution in [0.5, 0.6) is 0 Å². The summed E-state index contributed by atoms with van der Waals surface area (Å²) in [6.07, 6.45) is -0.655. The smallest absolute Gasteiger partial charge is 0.200 e. The summed E-state index contributed by atoms with van der Waals surface area (Å²) in [6.45, 7) is 7.95. The lowest BCUT2D eigenvalue weighted by molar-refractivity contribution is 0.162. The predicted octanol–water partition coefficient (Wildman–Crippen LogP) is 1.48. The molecule has 0 radical (unpaired) electrons. The molecule has 0 aliphatic carbocycles.